The number of carbonyl (C=O) groups is 3. The highest BCUT2D eigenvalue weighted by atomic mass is 31.2. The summed E-state index contributed by atoms with van der Waals surface area (Å²) in [6.45, 7) is 17.2. The SMILES string of the molecule is CC(C)(C)C(=O)P(=O)(Oc1ccccc1)Oc1ccncc1.CC(C)OP(=O)(OCc1cccc2ccccc12)C(=O)c1ccncc1.Cc1ccc2ccccc2c1C(=O)P(=O)(OC(C)C)OC(C)C. The lowest BCUT2D eigenvalue weighted by molar-refractivity contribution is -0.119. The molecule has 7 rings (SSSR count). The topological polar surface area (TPSA) is 184 Å². The summed E-state index contributed by atoms with van der Waals surface area (Å²) in [7, 11) is -12.0. The second-order valence-corrected chi connectivity index (χ2v) is 23.4. The molecule has 7 aromatic rings. The lowest BCUT2D eigenvalue weighted by atomic mass is 10.00. The van der Waals surface area contributed by atoms with E-state index in [4.69, 9.17) is 27.1 Å². The molecule has 0 amide bonds. The average Bonchev–Trinajstić information content (AvgIpc) is 3.33. The molecule has 0 aliphatic rings. The molecule has 0 saturated carbocycles. The van der Waals surface area contributed by atoms with Crippen molar-refractivity contribution < 1.29 is 55.2 Å². The molecular formula is C54H61N2O12P3. The van der Waals surface area contributed by atoms with E-state index in [9.17, 15) is 28.1 Å². The van der Waals surface area contributed by atoms with Gasteiger partial charge in [-0.25, -0.2) is 4.57 Å². The summed E-state index contributed by atoms with van der Waals surface area (Å²) in [5.41, 5.74) is -0.415. The van der Waals surface area contributed by atoms with E-state index in [-0.39, 0.29) is 30.1 Å². The van der Waals surface area contributed by atoms with Crippen molar-refractivity contribution in [1.29, 1.82) is 0 Å². The number of fused-ring (bicyclic) bond motifs is 2. The van der Waals surface area contributed by atoms with Gasteiger partial charge in [0.2, 0.25) is 0 Å². The largest absolute Gasteiger partial charge is 0.498 e. The Labute approximate surface area is 416 Å². The number of carbonyl (C=O) groups excluding carboxylic acids is 3. The van der Waals surface area contributed by atoms with E-state index < -0.39 is 50.9 Å². The Morgan fingerprint density at radius 3 is 1.52 bits per heavy atom. The maximum atomic E-state index is 13.2. The molecule has 0 radical (unpaired) electrons. The Morgan fingerprint density at radius 1 is 0.507 bits per heavy atom. The molecule has 0 saturated heterocycles. The third-order valence-electron chi connectivity index (χ3n) is 9.83. The second kappa shape index (κ2) is 24.9. The van der Waals surface area contributed by atoms with E-state index in [1.807, 2.05) is 85.8 Å². The predicted molar refractivity (Wildman–Crippen MR) is 278 cm³/mol. The van der Waals surface area contributed by atoms with Gasteiger partial charge >= 0.3 is 22.8 Å². The fourth-order valence-electron chi connectivity index (χ4n) is 6.79. The van der Waals surface area contributed by atoms with Crippen LogP contribution < -0.4 is 9.05 Å². The van der Waals surface area contributed by atoms with Gasteiger partial charge in [-0.3, -0.25) is 38.0 Å². The summed E-state index contributed by atoms with van der Waals surface area (Å²) >= 11 is 0. The van der Waals surface area contributed by atoms with E-state index in [1.165, 1.54) is 49.1 Å². The Balaban J connectivity index is 0.000000199. The van der Waals surface area contributed by atoms with Crippen LogP contribution in [0.1, 0.15) is 94.2 Å². The molecule has 71 heavy (non-hydrogen) atoms. The van der Waals surface area contributed by atoms with Crippen molar-refractivity contribution in [2.75, 3.05) is 0 Å². The summed E-state index contributed by atoms with van der Waals surface area (Å²) < 4.78 is 72.3. The molecule has 14 nitrogen and oxygen atoms in total. The van der Waals surface area contributed by atoms with Gasteiger partial charge in [0, 0.05) is 41.3 Å². The number of rotatable bonds is 18. The minimum atomic E-state index is -4.04. The quantitative estimate of drug-likeness (QED) is 0.0740. The lowest BCUT2D eigenvalue weighted by Crippen LogP contribution is -2.24. The third-order valence-corrected chi connectivity index (χ3v) is 15.9. The molecule has 0 spiro atoms. The van der Waals surface area contributed by atoms with Crippen LogP contribution in [0, 0.1) is 12.3 Å². The van der Waals surface area contributed by atoms with Gasteiger partial charge in [-0.15, -0.1) is 0 Å². The molecule has 0 fully saturated rings. The maximum absolute atomic E-state index is 13.2. The van der Waals surface area contributed by atoms with Crippen molar-refractivity contribution in [2.45, 2.75) is 94.2 Å². The van der Waals surface area contributed by atoms with E-state index >= 15 is 0 Å². The highest BCUT2D eigenvalue weighted by Gasteiger charge is 2.45. The van der Waals surface area contributed by atoms with E-state index in [2.05, 4.69) is 9.97 Å². The molecule has 2 unspecified atom stereocenters. The fraction of sp³-hybridized carbons (Fsp3) is 0.278. The molecule has 5 aromatic carbocycles. The van der Waals surface area contributed by atoms with E-state index in [0.29, 0.717) is 11.3 Å². The minimum absolute atomic E-state index is 0.0160. The highest BCUT2D eigenvalue weighted by molar-refractivity contribution is 7.73. The van der Waals surface area contributed by atoms with E-state index in [0.717, 1.165) is 32.7 Å². The van der Waals surface area contributed by atoms with Crippen LogP contribution in [0.3, 0.4) is 0 Å². The zero-order chi connectivity index (χ0) is 52.0. The number of pyridine rings is 2. The molecule has 0 N–H and O–H groups in total. The maximum Gasteiger partial charge on any atom is 0.498 e. The van der Waals surface area contributed by atoms with Crippen LogP contribution in [0.4, 0.5) is 0 Å². The minimum Gasteiger partial charge on any atom is -0.411 e. The zero-order valence-electron chi connectivity index (χ0n) is 41.6. The molecule has 2 atom stereocenters. The van der Waals surface area contributed by atoms with Gasteiger partial charge in [-0.05, 0) is 118 Å². The second-order valence-electron chi connectivity index (χ2n) is 17.9. The summed E-state index contributed by atoms with van der Waals surface area (Å²) in [6.07, 6.45) is 4.75. The van der Waals surface area contributed by atoms with Gasteiger partial charge in [0.1, 0.15) is 11.5 Å². The van der Waals surface area contributed by atoms with Crippen LogP contribution in [0.25, 0.3) is 21.5 Å². The van der Waals surface area contributed by atoms with Gasteiger partial charge in [0.25, 0.3) is 16.6 Å². The van der Waals surface area contributed by atoms with Crippen molar-refractivity contribution in [3.8, 4) is 11.5 Å². The van der Waals surface area contributed by atoms with Crippen molar-refractivity contribution in [2.24, 2.45) is 5.41 Å². The first-order valence-electron chi connectivity index (χ1n) is 22.9. The molecule has 0 aliphatic heterocycles. The number of aryl methyl sites for hydroxylation is 1. The van der Waals surface area contributed by atoms with Gasteiger partial charge < -0.3 is 22.6 Å². The van der Waals surface area contributed by atoms with Crippen LogP contribution in [0.2, 0.25) is 0 Å². The molecular weight excluding hydrogens is 962 g/mol. The Bertz CT molecular complexity index is 2990. The molecule has 2 aromatic heterocycles. The molecule has 0 aliphatic carbocycles. The summed E-state index contributed by atoms with van der Waals surface area (Å²) in [4.78, 5) is 46.1. The number of benzene rings is 5. The molecule has 2 heterocycles. The van der Waals surface area contributed by atoms with Crippen molar-refractivity contribution >= 4 is 60.9 Å². The third kappa shape index (κ3) is 15.5. The Morgan fingerprint density at radius 2 is 0.972 bits per heavy atom. The predicted octanol–water partition coefficient (Wildman–Crippen LogP) is 14.8. The normalized spacial score (nSPS) is 13.3. The standard InChI is InChI=1S/C20H20NO4P.C18H23O4P.C16H18NO4P/c1-15(2)25-26(23,20(22)17-10-12-21-13-11-17)24-14-18-8-5-7-16-6-3-4-9-19(16)18;1-12(2)21-23(20,22-13(3)4)18(19)17-14(5)10-11-15-8-6-7-9-16(15)17;1-16(2,3)15(18)22(19,20-13-7-5-4-6-8-13)21-14-9-11-17-12-10-14/h3-13,15H,14H2,1-2H3;6-13H,1-5H3;4-12H,1-3H3. The number of para-hydroxylation sites is 1. The number of hydrogen-bond acceptors (Lipinski definition) is 14. The van der Waals surface area contributed by atoms with Crippen molar-refractivity contribution in [1.82, 2.24) is 9.97 Å². The first-order chi connectivity index (χ1) is 33.5. The molecule has 374 valence electrons. The van der Waals surface area contributed by atoms with Gasteiger partial charge in [-0.2, -0.15) is 0 Å². The summed E-state index contributed by atoms with van der Waals surface area (Å²) in [6, 6.07) is 39.5. The smallest absolute Gasteiger partial charge is 0.411 e. The molecule has 17 heteroatoms. The first kappa shape index (κ1) is 56.0. The number of nitrogens with zero attached hydrogens (tertiary/aromatic N) is 2. The Hall–Kier alpha value is -5.94. The van der Waals surface area contributed by atoms with Crippen LogP contribution in [0.15, 0.2) is 158 Å². The van der Waals surface area contributed by atoms with Gasteiger partial charge in [0.05, 0.1) is 24.9 Å². The monoisotopic (exact) mass is 1020 g/mol. The molecule has 0 bridgehead atoms. The summed E-state index contributed by atoms with van der Waals surface area (Å²) in [5, 5.41) is 3.72. The first-order valence-corrected chi connectivity index (χ1v) is 27.5. The lowest BCUT2D eigenvalue weighted by Gasteiger charge is -2.24. The Kier molecular flexibility index (Phi) is 19.7. The summed E-state index contributed by atoms with van der Waals surface area (Å²) in [5.74, 6) is 0.587. The highest BCUT2D eigenvalue weighted by Crippen LogP contribution is 2.56. The zero-order valence-corrected chi connectivity index (χ0v) is 44.3. The van der Waals surface area contributed by atoms with Crippen LogP contribution in [-0.2, 0) is 43.2 Å². The van der Waals surface area contributed by atoms with Crippen molar-refractivity contribution in [3.63, 3.8) is 0 Å². The van der Waals surface area contributed by atoms with Crippen LogP contribution >= 0.6 is 22.8 Å². The van der Waals surface area contributed by atoms with E-state index in [1.54, 1.807) is 92.6 Å². The van der Waals surface area contributed by atoms with Gasteiger partial charge in [-0.1, -0.05) is 118 Å². The van der Waals surface area contributed by atoms with Crippen LogP contribution in [-0.4, -0.2) is 44.9 Å². The van der Waals surface area contributed by atoms with Gasteiger partial charge in [0.15, 0.2) is 0 Å². The van der Waals surface area contributed by atoms with Crippen LogP contribution in [0.5, 0.6) is 11.5 Å². The fourth-order valence-corrected chi connectivity index (χ4v) is 12.1. The number of hydrogen-bond donors (Lipinski definition) is 0. The van der Waals surface area contributed by atoms with Crippen molar-refractivity contribution in [3.05, 3.63) is 181 Å². The number of aromatic nitrogens is 2. The average molecular weight is 1020 g/mol.